The molecule has 0 aromatic heterocycles. The average molecular weight is 416 g/mol. The third kappa shape index (κ3) is 4.60. The molecule has 4 rings (SSSR count). The zero-order chi connectivity index (χ0) is 21.1. The van der Waals surface area contributed by atoms with Crippen LogP contribution in [0.1, 0.15) is 37.1 Å². The maximum absolute atomic E-state index is 13.2. The molecule has 0 saturated heterocycles. The molecule has 30 heavy (non-hydrogen) atoms. The lowest BCUT2D eigenvalue weighted by molar-refractivity contribution is -0.133. The number of allylic oxidation sites excluding steroid dienone is 1. The highest BCUT2D eigenvalue weighted by molar-refractivity contribution is 8.00. The Kier molecular flexibility index (Phi) is 5.69. The molecule has 0 fully saturated rings. The molecule has 1 heterocycles. The summed E-state index contributed by atoms with van der Waals surface area (Å²) in [5.74, 6) is 0.281. The second-order valence-electron chi connectivity index (χ2n) is 8.02. The minimum Gasteiger partial charge on any atom is -0.425 e. The highest BCUT2D eigenvalue weighted by Gasteiger charge is 2.26. The van der Waals surface area contributed by atoms with Gasteiger partial charge in [0.25, 0.3) is 0 Å². The maximum Gasteiger partial charge on any atom is 0.329 e. The Bertz CT molecular complexity index is 1070. The van der Waals surface area contributed by atoms with Gasteiger partial charge in [0.05, 0.1) is 5.54 Å². The van der Waals surface area contributed by atoms with Crippen molar-refractivity contribution in [1.82, 2.24) is 0 Å². The molecule has 0 saturated carbocycles. The molecular formula is C26H25NO2S. The lowest BCUT2D eigenvalue weighted by atomic mass is 9.91. The van der Waals surface area contributed by atoms with E-state index in [1.165, 1.54) is 17.3 Å². The van der Waals surface area contributed by atoms with Crippen molar-refractivity contribution in [2.24, 2.45) is 0 Å². The third-order valence-electron chi connectivity index (χ3n) is 4.98. The van der Waals surface area contributed by atoms with Crippen LogP contribution >= 0.6 is 11.8 Å². The van der Waals surface area contributed by atoms with Crippen LogP contribution in [0.5, 0.6) is 5.75 Å². The molecule has 3 nitrogen and oxygen atoms in total. The molecule has 4 heteroatoms. The minimum atomic E-state index is -0.446. The van der Waals surface area contributed by atoms with Crippen LogP contribution in [0.3, 0.4) is 0 Å². The van der Waals surface area contributed by atoms with E-state index in [0.717, 1.165) is 21.7 Å². The van der Waals surface area contributed by atoms with Crippen LogP contribution in [0.4, 0.5) is 5.69 Å². The molecule has 0 aliphatic carbocycles. The second kappa shape index (κ2) is 8.41. The number of thioether (sulfide) groups is 1. The van der Waals surface area contributed by atoms with Crippen LogP contribution in [0.25, 0.3) is 5.57 Å². The number of fused-ring (bicyclic) bond motifs is 1. The molecule has 0 unspecified atom stereocenters. The number of carbonyl (C=O) groups is 1. The first-order chi connectivity index (χ1) is 14.4. The fourth-order valence-electron chi connectivity index (χ4n) is 3.71. The fourth-order valence-corrected chi connectivity index (χ4v) is 4.73. The number of esters is 1. The molecule has 152 valence electrons. The normalized spacial score (nSPS) is 15.4. The van der Waals surface area contributed by atoms with E-state index in [-0.39, 0.29) is 11.5 Å². The van der Waals surface area contributed by atoms with E-state index in [0.29, 0.717) is 5.75 Å². The summed E-state index contributed by atoms with van der Waals surface area (Å²) in [6.45, 7) is 6.36. The van der Waals surface area contributed by atoms with Crippen molar-refractivity contribution in [2.75, 3.05) is 5.32 Å². The first kappa shape index (κ1) is 20.3. The number of carbonyl (C=O) groups excluding carboxylic acids is 1. The van der Waals surface area contributed by atoms with Gasteiger partial charge < -0.3 is 10.1 Å². The summed E-state index contributed by atoms with van der Waals surface area (Å²) in [5, 5.41) is 3.06. The largest absolute Gasteiger partial charge is 0.425 e. The first-order valence-corrected chi connectivity index (χ1v) is 10.9. The average Bonchev–Trinajstić information content (AvgIpc) is 2.73. The van der Waals surface area contributed by atoms with Crippen LogP contribution in [0.15, 0.2) is 89.8 Å². The van der Waals surface area contributed by atoms with Crippen LogP contribution in [-0.2, 0) is 4.79 Å². The van der Waals surface area contributed by atoms with E-state index in [2.05, 4.69) is 32.2 Å². The van der Waals surface area contributed by atoms with Gasteiger partial charge in [-0.1, -0.05) is 54.6 Å². The molecule has 0 spiro atoms. The molecule has 1 aliphatic heterocycles. The van der Waals surface area contributed by atoms with Crippen molar-refractivity contribution >= 4 is 29.0 Å². The van der Waals surface area contributed by atoms with E-state index in [9.17, 15) is 4.79 Å². The Morgan fingerprint density at radius 2 is 1.63 bits per heavy atom. The predicted molar refractivity (Wildman–Crippen MR) is 125 cm³/mol. The topological polar surface area (TPSA) is 38.3 Å². The first-order valence-electron chi connectivity index (χ1n) is 10.0. The van der Waals surface area contributed by atoms with Gasteiger partial charge in [-0.15, -0.1) is 11.8 Å². The van der Waals surface area contributed by atoms with Gasteiger partial charge in [0, 0.05) is 16.1 Å². The number of ether oxygens (including phenoxy) is 1. The van der Waals surface area contributed by atoms with Gasteiger partial charge >= 0.3 is 5.97 Å². The van der Waals surface area contributed by atoms with Gasteiger partial charge in [-0.05, 0) is 62.2 Å². The molecule has 3 aromatic carbocycles. The SMILES string of the molecule is CC1=CC(C)(C)Nc2ccc(OC(=O)[C@H](Sc3ccccc3)c3ccccc3)cc21. The van der Waals surface area contributed by atoms with E-state index >= 15 is 0 Å². The predicted octanol–water partition coefficient (Wildman–Crippen LogP) is 6.73. The number of hydrogen-bond donors (Lipinski definition) is 1. The Balaban J connectivity index is 1.59. The molecule has 0 bridgehead atoms. The lowest BCUT2D eigenvalue weighted by Gasteiger charge is -2.31. The molecule has 1 atom stereocenters. The highest BCUT2D eigenvalue weighted by atomic mass is 32.2. The summed E-state index contributed by atoms with van der Waals surface area (Å²) >= 11 is 1.50. The van der Waals surface area contributed by atoms with Gasteiger partial charge in [0.2, 0.25) is 0 Å². The van der Waals surface area contributed by atoms with E-state index in [1.807, 2.05) is 78.9 Å². The van der Waals surface area contributed by atoms with Crippen LogP contribution in [0, 0.1) is 0 Å². The van der Waals surface area contributed by atoms with Crippen LogP contribution in [0.2, 0.25) is 0 Å². The number of nitrogens with one attached hydrogen (secondary N) is 1. The number of anilines is 1. The van der Waals surface area contributed by atoms with Crippen molar-refractivity contribution < 1.29 is 9.53 Å². The summed E-state index contributed by atoms with van der Waals surface area (Å²) in [4.78, 5) is 14.2. The minimum absolute atomic E-state index is 0.0972. The number of hydrogen-bond acceptors (Lipinski definition) is 4. The summed E-state index contributed by atoms with van der Waals surface area (Å²) in [5.41, 5.74) is 4.11. The van der Waals surface area contributed by atoms with Crippen molar-refractivity contribution in [1.29, 1.82) is 0 Å². The Hall–Kier alpha value is -2.98. The molecule has 0 amide bonds. The zero-order valence-corrected chi connectivity index (χ0v) is 18.2. The number of rotatable bonds is 5. The molecule has 3 aromatic rings. The maximum atomic E-state index is 13.2. The van der Waals surface area contributed by atoms with Crippen molar-refractivity contribution in [3.63, 3.8) is 0 Å². The van der Waals surface area contributed by atoms with E-state index < -0.39 is 5.25 Å². The lowest BCUT2D eigenvalue weighted by Crippen LogP contribution is -2.31. The Morgan fingerprint density at radius 3 is 2.33 bits per heavy atom. The standard InChI is InChI=1S/C26H25NO2S/c1-18-17-26(2,3)27-23-15-14-20(16-22(18)23)29-25(28)24(19-10-6-4-7-11-19)30-21-12-8-5-9-13-21/h4-17,24,27H,1-3H3/t24-/m1/s1. The van der Waals surface area contributed by atoms with Gasteiger partial charge in [0.1, 0.15) is 11.0 Å². The van der Waals surface area contributed by atoms with Crippen molar-refractivity contribution in [2.45, 2.75) is 36.5 Å². The second-order valence-corrected chi connectivity index (χ2v) is 9.20. The smallest absolute Gasteiger partial charge is 0.329 e. The quantitative estimate of drug-likeness (QED) is 0.285. The summed E-state index contributed by atoms with van der Waals surface area (Å²) < 4.78 is 5.85. The number of benzene rings is 3. The monoisotopic (exact) mass is 415 g/mol. The summed E-state index contributed by atoms with van der Waals surface area (Å²) in [6.07, 6.45) is 2.19. The van der Waals surface area contributed by atoms with Gasteiger partial charge in [-0.2, -0.15) is 0 Å². The summed E-state index contributed by atoms with van der Waals surface area (Å²) in [7, 11) is 0. The van der Waals surface area contributed by atoms with E-state index in [4.69, 9.17) is 4.74 Å². The fraction of sp³-hybridized carbons (Fsp3) is 0.192. The van der Waals surface area contributed by atoms with Crippen molar-refractivity contribution in [3.05, 3.63) is 96.1 Å². The van der Waals surface area contributed by atoms with E-state index in [1.54, 1.807) is 0 Å². The Morgan fingerprint density at radius 1 is 0.967 bits per heavy atom. The van der Waals surface area contributed by atoms with Gasteiger partial charge in [-0.25, -0.2) is 0 Å². The molecular weight excluding hydrogens is 390 g/mol. The van der Waals surface area contributed by atoms with Gasteiger partial charge in [-0.3, -0.25) is 4.79 Å². The Labute approximate surface area is 182 Å². The molecule has 0 radical (unpaired) electrons. The van der Waals surface area contributed by atoms with Gasteiger partial charge in [0.15, 0.2) is 0 Å². The van der Waals surface area contributed by atoms with Crippen LogP contribution in [-0.4, -0.2) is 11.5 Å². The summed E-state index contributed by atoms with van der Waals surface area (Å²) in [6, 6.07) is 25.5. The zero-order valence-electron chi connectivity index (χ0n) is 17.4. The molecule has 1 aliphatic rings. The van der Waals surface area contributed by atoms with Crippen LogP contribution < -0.4 is 10.1 Å². The third-order valence-corrected chi connectivity index (χ3v) is 6.23. The molecule has 1 N–H and O–H groups in total. The van der Waals surface area contributed by atoms with Crippen molar-refractivity contribution in [3.8, 4) is 5.75 Å². The highest BCUT2D eigenvalue weighted by Crippen LogP contribution is 2.38.